The quantitative estimate of drug-likeness (QED) is 0.226. The minimum Gasteiger partial charge on any atom is -0.458 e. The molecule has 0 bridgehead atoms. The first-order valence-corrected chi connectivity index (χ1v) is 12.8. The summed E-state index contributed by atoms with van der Waals surface area (Å²) in [5.74, 6) is 2.11. The van der Waals surface area contributed by atoms with E-state index in [4.69, 9.17) is 4.74 Å². The van der Waals surface area contributed by atoms with E-state index in [9.17, 15) is 19.7 Å². The number of Topliss-reactive ketones (excluding diaryl/α,β-unsaturated/α-hetero) is 1. The number of fused-ring (bicyclic) bond motifs is 5. The number of carbonyl (C=O) groups excluding carboxylic acids is 2. The second-order valence-electron chi connectivity index (χ2n) is 11.6. The van der Waals surface area contributed by atoms with Gasteiger partial charge in [-0.3, -0.25) is 14.9 Å². The lowest BCUT2D eigenvalue weighted by Crippen LogP contribution is -2.51. The van der Waals surface area contributed by atoms with Crippen LogP contribution in [-0.2, 0) is 9.53 Å². The molecule has 0 aliphatic heterocycles. The molecule has 4 aliphatic rings. The number of non-ortho nitro benzene ring substituents is 1. The first kappa shape index (κ1) is 23.3. The molecule has 7 atom stereocenters. The van der Waals surface area contributed by atoms with Gasteiger partial charge in [-0.1, -0.05) is 25.5 Å². The predicted octanol–water partition coefficient (Wildman–Crippen LogP) is 6.29. The summed E-state index contributed by atoms with van der Waals surface area (Å²) < 4.78 is 5.85. The Morgan fingerprint density at radius 1 is 1.03 bits per heavy atom. The maximum atomic E-state index is 12.7. The van der Waals surface area contributed by atoms with Crippen LogP contribution >= 0.6 is 0 Å². The first-order chi connectivity index (χ1) is 16.1. The molecule has 182 valence electrons. The Morgan fingerprint density at radius 3 is 2.44 bits per heavy atom. The molecule has 6 nitrogen and oxygen atoms in total. The third-order valence-corrected chi connectivity index (χ3v) is 10.1. The van der Waals surface area contributed by atoms with E-state index in [2.05, 4.69) is 19.9 Å². The van der Waals surface area contributed by atoms with Crippen LogP contribution in [0.25, 0.3) is 0 Å². The van der Waals surface area contributed by atoms with Gasteiger partial charge < -0.3 is 4.74 Å². The molecule has 4 aliphatic carbocycles. The maximum Gasteiger partial charge on any atom is 0.338 e. The highest BCUT2D eigenvalue weighted by atomic mass is 16.6. The fraction of sp³-hybridized carbons (Fsp3) is 0.643. The molecule has 0 spiro atoms. The number of nitro groups is 1. The van der Waals surface area contributed by atoms with E-state index in [0.717, 1.165) is 38.5 Å². The fourth-order valence-electron chi connectivity index (χ4n) is 8.33. The van der Waals surface area contributed by atoms with Crippen molar-refractivity contribution in [3.05, 3.63) is 51.6 Å². The molecule has 0 aromatic heterocycles. The van der Waals surface area contributed by atoms with Crippen molar-refractivity contribution in [3.63, 3.8) is 0 Å². The van der Waals surface area contributed by atoms with Gasteiger partial charge in [-0.2, -0.15) is 0 Å². The van der Waals surface area contributed by atoms with Crippen LogP contribution in [0.2, 0.25) is 0 Å². The summed E-state index contributed by atoms with van der Waals surface area (Å²) in [6.07, 6.45) is 10.5. The predicted molar refractivity (Wildman–Crippen MR) is 128 cm³/mol. The number of carbonyl (C=O) groups is 2. The summed E-state index contributed by atoms with van der Waals surface area (Å²) in [4.78, 5) is 35.4. The summed E-state index contributed by atoms with van der Waals surface area (Å²) in [7, 11) is 0. The summed E-state index contributed by atoms with van der Waals surface area (Å²) in [6, 6.07) is 5.61. The van der Waals surface area contributed by atoms with Gasteiger partial charge in [0.15, 0.2) is 0 Å². The second kappa shape index (κ2) is 8.31. The zero-order valence-electron chi connectivity index (χ0n) is 20.4. The zero-order valence-corrected chi connectivity index (χ0v) is 20.4. The molecule has 3 unspecified atom stereocenters. The largest absolute Gasteiger partial charge is 0.458 e. The zero-order chi connectivity index (χ0) is 24.3. The summed E-state index contributed by atoms with van der Waals surface area (Å²) in [5, 5.41) is 10.9. The molecule has 3 fully saturated rings. The van der Waals surface area contributed by atoms with Crippen LogP contribution in [0.5, 0.6) is 0 Å². The van der Waals surface area contributed by atoms with Gasteiger partial charge >= 0.3 is 5.97 Å². The number of allylic oxidation sites excluding steroid dienone is 1. The van der Waals surface area contributed by atoms with Crippen molar-refractivity contribution < 1.29 is 19.2 Å². The number of nitrogens with zero attached hydrogens (tertiary/aromatic N) is 1. The molecular formula is C28H35NO5. The van der Waals surface area contributed by atoms with E-state index in [1.807, 2.05) is 0 Å². The third-order valence-electron chi connectivity index (χ3n) is 10.1. The van der Waals surface area contributed by atoms with Crippen LogP contribution in [0, 0.1) is 44.6 Å². The molecule has 34 heavy (non-hydrogen) atoms. The Hall–Kier alpha value is -2.50. The summed E-state index contributed by atoms with van der Waals surface area (Å²) in [5.41, 5.74) is 2.06. The van der Waals surface area contributed by atoms with Gasteiger partial charge in [0, 0.05) is 24.5 Å². The van der Waals surface area contributed by atoms with Gasteiger partial charge in [0.1, 0.15) is 11.9 Å². The minimum absolute atomic E-state index is 0.0348. The number of hydrogen-bond acceptors (Lipinski definition) is 5. The van der Waals surface area contributed by atoms with E-state index in [1.165, 1.54) is 42.7 Å². The SMILES string of the molecule is CC(=O)[C@H]1CCC2C3CC=C4C[C@@H](OC(=O)c5ccc([N+](=O)[O-])cc5)CC[C@]4(C)C3CC[C@@]21C. The minimum atomic E-state index is -0.473. The van der Waals surface area contributed by atoms with Crippen molar-refractivity contribution in [2.75, 3.05) is 0 Å². The lowest BCUT2D eigenvalue weighted by atomic mass is 9.47. The van der Waals surface area contributed by atoms with E-state index in [0.29, 0.717) is 29.1 Å². The number of esters is 1. The van der Waals surface area contributed by atoms with E-state index in [1.54, 1.807) is 6.92 Å². The van der Waals surface area contributed by atoms with Crippen molar-refractivity contribution in [3.8, 4) is 0 Å². The summed E-state index contributed by atoms with van der Waals surface area (Å²) >= 11 is 0. The number of nitro benzene ring substituents is 1. The van der Waals surface area contributed by atoms with Crippen LogP contribution in [0.4, 0.5) is 5.69 Å². The standard InChI is InChI=1S/C28H35NO5/c1-17(30)23-10-11-24-22-9-6-19-16-21(12-14-27(19,2)25(22)13-15-28(23,24)3)34-26(31)18-4-7-20(8-5-18)29(32)33/h4-8,21-25H,9-16H2,1-3H3/t21-,22?,23+,24?,25?,27-,28+/m0/s1. The third kappa shape index (κ3) is 3.61. The molecule has 0 N–H and O–H groups in total. The highest BCUT2D eigenvalue weighted by Gasteiger charge is 2.59. The summed E-state index contributed by atoms with van der Waals surface area (Å²) in [6.45, 7) is 6.58. The van der Waals surface area contributed by atoms with Crippen LogP contribution < -0.4 is 0 Å². The van der Waals surface area contributed by atoms with Crippen molar-refractivity contribution in [2.45, 2.75) is 78.2 Å². The molecule has 0 heterocycles. The van der Waals surface area contributed by atoms with Gasteiger partial charge in [0.2, 0.25) is 0 Å². The lowest BCUT2D eigenvalue weighted by molar-refractivity contribution is -0.384. The monoisotopic (exact) mass is 465 g/mol. The van der Waals surface area contributed by atoms with Gasteiger partial charge in [-0.25, -0.2) is 4.79 Å². The number of benzene rings is 1. The number of ketones is 1. The Bertz CT molecular complexity index is 1050. The average molecular weight is 466 g/mol. The molecular weight excluding hydrogens is 430 g/mol. The first-order valence-electron chi connectivity index (χ1n) is 12.8. The van der Waals surface area contributed by atoms with E-state index >= 15 is 0 Å². The van der Waals surface area contributed by atoms with Gasteiger partial charge in [0.25, 0.3) is 5.69 Å². The molecule has 1 aromatic carbocycles. The molecule has 3 saturated carbocycles. The second-order valence-corrected chi connectivity index (χ2v) is 11.6. The van der Waals surface area contributed by atoms with E-state index in [-0.39, 0.29) is 28.5 Å². The van der Waals surface area contributed by atoms with Gasteiger partial charge in [-0.05, 0) is 92.6 Å². The highest BCUT2D eigenvalue weighted by molar-refractivity contribution is 5.89. The van der Waals surface area contributed by atoms with Crippen molar-refractivity contribution in [2.24, 2.45) is 34.5 Å². The molecule has 0 radical (unpaired) electrons. The van der Waals surface area contributed by atoms with Crippen LogP contribution in [-0.4, -0.2) is 22.8 Å². The average Bonchev–Trinajstić information content (AvgIpc) is 3.17. The Kier molecular flexibility index (Phi) is 5.69. The van der Waals surface area contributed by atoms with Gasteiger partial charge in [-0.15, -0.1) is 0 Å². The smallest absolute Gasteiger partial charge is 0.338 e. The molecule has 5 rings (SSSR count). The fourth-order valence-corrected chi connectivity index (χ4v) is 8.33. The Balaban J connectivity index is 1.29. The van der Waals surface area contributed by atoms with Gasteiger partial charge in [0.05, 0.1) is 10.5 Å². The van der Waals surface area contributed by atoms with Crippen molar-refractivity contribution >= 4 is 17.4 Å². The molecule has 0 amide bonds. The number of hydrogen-bond donors (Lipinski definition) is 0. The number of rotatable bonds is 4. The molecule has 0 saturated heterocycles. The number of ether oxygens (including phenoxy) is 1. The van der Waals surface area contributed by atoms with E-state index < -0.39 is 10.9 Å². The Morgan fingerprint density at radius 2 is 1.76 bits per heavy atom. The lowest BCUT2D eigenvalue weighted by Gasteiger charge is -2.58. The Labute approximate surface area is 201 Å². The highest BCUT2D eigenvalue weighted by Crippen LogP contribution is 2.66. The topological polar surface area (TPSA) is 86.5 Å². The van der Waals surface area contributed by atoms with Crippen molar-refractivity contribution in [1.29, 1.82) is 0 Å². The van der Waals surface area contributed by atoms with Crippen LogP contribution in [0.1, 0.15) is 82.5 Å². The van der Waals surface area contributed by atoms with Crippen molar-refractivity contribution in [1.82, 2.24) is 0 Å². The molecule has 1 aromatic rings. The van der Waals surface area contributed by atoms with Crippen LogP contribution in [0.15, 0.2) is 35.9 Å². The normalized spacial score (nSPS) is 38.7. The van der Waals surface area contributed by atoms with Crippen LogP contribution in [0.3, 0.4) is 0 Å². The molecule has 6 heteroatoms. The maximum absolute atomic E-state index is 12.7.